The minimum absolute atomic E-state index is 0.0847. The fourth-order valence-electron chi connectivity index (χ4n) is 3.78. The number of halogens is 1. The van der Waals surface area contributed by atoms with Crippen molar-refractivity contribution in [3.05, 3.63) is 29.3 Å². The molecule has 1 aromatic rings. The van der Waals surface area contributed by atoms with Crippen LogP contribution < -0.4 is 4.72 Å². The third kappa shape index (κ3) is 4.22. The van der Waals surface area contributed by atoms with E-state index in [-0.39, 0.29) is 16.8 Å². The highest BCUT2D eigenvalue weighted by atomic mass is 35.5. The normalized spacial score (nSPS) is 23.2. The SMILES string of the molecule is CC(C)N1CCC(N2CCC(NS(=O)(=O)c3cccc(Cl)c3)C2=O)CC1. The predicted octanol–water partition coefficient (Wildman–Crippen LogP) is 2.09. The van der Waals surface area contributed by atoms with Gasteiger partial charge in [-0.3, -0.25) is 4.79 Å². The van der Waals surface area contributed by atoms with Crippen LogP contribution in [0.25, 0.3) is 0 Å². The summed E-state index contributed by atoms with van der Waals surface area (Å²) in [4.78, 5) is 17.1. The second-order valence-electron chi connectivity index (χ2n) is 7.31. The molecule has 26 heavy (non-hydrogen) atoms. The number of hydrogen-bond acceptors (Lipinski definition) is 4. The summed E-state index contributed by atoms with van der Waals surface area (Å²) in [6.07, 6.45) is 2.39. The number of sulfonamides is 1. The topological polar surface area (TPSA) is 69.7 Å². The average molecular weight is 400 g/mol. The van der Waals surface area contributed by atoms with E-state index in [4.69, 9.17) is 11.6 Å². The molecule has 1 aromatic carbocycles. The Hall–Kier alpha value is -1.15. The highest BCUT2D eigenvalue weighted by Gasteiger charge is 2.39. The predicted molar refractivity (Wildman–Crippen MR) is 102 cm³/mol. The van der Waals surface area contributed by atoms with Crippen LogP contribution in [0.15, 0.2) is 29.2 Å². The number of hydrogen-bond donors (Lipinski definition) is 1. The van der Waals surface area contributed by atoms with E-state index in [1.807, 2.05) is 4.90 Å². The average Bonchev–Trinajstić information content (AvgIpc) is 2.95. The number of amides is 1. The Balaban J connectivity index is 1.63. The molecule has 1 N–H and O–H groups in total. The number of benzene rings is 1. The van der Waals surface area contributed by atoms with Crippen molar-refractivity contribution in [3.63, 3.8) is 0 Å². The first kappa shape index (κ1) is 19.6. The van der Waals surface area contributed by atoms with Crippen LogP contribution >= 0.6 is 11.6 Å². The van der Waals surface area contributed by atoms with Gasteiger partial charge in [-0.25, -0.2) is 8.42 Å². The molecule has 0 aromatic heterocycles. The van der Waals surface area contributed by atoms with E-state index < -0.39 is 16.1 Å². The van der Waals surface area contributed by atoms with Crippen LogP contribution in [0.5, 0.6) is 0 Å². The minimum atomic E-state index is -3.76. The van der Waals surface area contributed by atoms with Gasteiger partial charge in [0.05, 0.1) is 4.90 Å². The maximum atomic E-state index is 12.8. The maximum Gasteiger partial charge on any atom is 0.241 e. The largest absolute Gasteiger partial charge is 0.338 e. The molecule has 3 rings (SSSR count). The number of likely N-dealkylation sites (tertiary alicyclic amines) is 2. The summed E-state index contributed by atoms with van der Waals surface area (Å²) in [5.41, 5.74) is 0. The van der Waals surface area contributed by atoms with Crippen molar-refractivity contribution in [2.45, 2.75) is 56.1 Å². The first-order valence-corrected chi connectivity index (χ1v) is 11.0. The summed E-state index contributed by atoms with van der Waals surface area (Å²) in [6, 6.07) is 6.10. The molecule has 144 valence electrons. The van der Waals surface area contributed by atoms with E-state index in [9.17, 15) is 13.2 Å². The van der Waals surface area contributed by atoms with Crippen molar-refractivity contribution in [1.29, 1.82) is 0 Å². The summed E-state index contributed by atoms with van der Waals surface area (Å²) in [5.74, 6) is -0.112. The standard InChI is InChI=1S/C18H26ClN3O3S/c1-13(2)21-9-6-15(7-10-21)22-11-8-17(18(22)23)20-26(24,25)16-5-3-4-14(19)12-16/h3-5,12-13,15,17,20H,6-11H2,1-2H3. The zero-order chi connectivity index (χ0) is 18.9. The van der Waals surface area contributed by atoms with Crippen LogP contribution in [0.1, 0.15) is 33.1 Å². The van der Waals surface area contributed by atoms with Gasteiger partial charge in [-0.2, -0.15) is 4.72 Å². The van der Waals surface area contributed by atoms with Crippen molar-refractivity contribution in [2.75, 3.05) is 19.6 Å². The van der Waals surface area contributed by atoms with Crippen LogP contribution in [-0.2, 0) is 14.8 Å². The summed E-state index contributed by atoms with van der Waals surface area (Å²) in [5, 5.41) is 0.351. The first-order valence-electron chi connectivity index (χ1n) is 9.10. The Labute approximate surface area is 160 Å². The monoisotopic (exact) mass is 399 g/mol. The van der Waals surface area contributed by atoms with Crippen LogP contribution in [-0.4, -0.2) is 61.9 Å². The number of piperidine rings is 1. The first-order chi connectivity index (χ1) is 12.3. The van der Waals surface area contributed by atoms with E-state index in [0.717, 1.165) is 25.9 Å². The Morgan fingerprint density at radius 3 is 2.46 bits per heavy atom. The van der Waals surface area contributed by atoms with Crippen molar-refractivity contribution in [1.82, 2.24) is 14.5 Å². The van der Waals surface area contributed by atoms with Gasteiger partial charge in [-0.1, -0.05) is 17.7 Å². The lowest BCUT2D eigenvalue weighted by molar-refractivity contribution is -0.131. The van der Waals surface area contributed by atoms with Gasteiger partial charge in [0.1, 0.15) is 6.04 Å². The van der Waals surface area contributed by atoms with E-state index in [2.05, 4.69) is 23.5 Å². The molecule has 2 heterocycles. The fourth-order valence-corrected chi connectivity index (χ4v) is 5.30. The van der Waals surface area contributed by atoms with E-state index in [1.165, 1.54) is 12.1 Å². The van der Waals surface area contributed by atoms with E-state index in [0.29, 0.717) is 24.0 Å². The van der Waals surface area contributed by atoms with Gasteiger partial charge in [-0.15, -0.1) is 0 Å². The molecule has 8 heteroatoms. The highest BCUT2D eigenvalue weighted by molar-refractivity contribution is 7.89. The second kappa shape index (κ2) is 7.84. The number of carbonyl (C=O) groups is 1. The van der Waals surface area contributed by atoms with Gasteiger partial charge in [0, 0.05) is 36.7 Å². The molecule has 2 fully saturated rings. The lowest BCUT2D eigenvalue weighted by Crippen LogP contribution is -2.49. The second-order valence-corrected chi connectivity index (χ2v) is 9.46. The molecule has 2 aliphatic rings. The molecular formula is C18H26ClN3O3S. The molecule has 6 nitrogen and oxygen atoms in total. The highest BCUT2D eigenvalue weighted by Crippen LogP contribution is 2.24. The van der Waals surface area contributed by atoms with Gasteiger partial charge in [0.2, 0.25) is 15.9 Å². The quantitative estimate of drug-likeness (QED) is 0.823. The molecule has 0 spiro atoms. The summed E-state index contributed by atoms with van der Waals surface area (Å²) < 4.78 is 27.6. The fraction of sp³-hybridized carbons (Fsp3) is 0.611. The molecule has 1 amide bonds. The molecule has 1 unspecified atom stereocenters. The van der Waals surface area contributed by atoms with Crippen LogP contribution in [0, 0.1) is 0 Å². The smallest absolute Gasteiger partial charge is 0.241 e. The lowest BCUT2D eigenvalue weighted by atomic mass is 10.0. The Morgan fingerprint density at radius 1 is 1.15 bits per heavy atom. The van der Waals surface area contributed by atoms with Gasteiger partial charge >= 0.3 is 0 Å². The minimum Gasteiger partial charge on any atom is -0.338 e. The number of rotatable bonds is 5. The van der Waals surface area contributed by atoms with Gasteiger partial charge in [0.15, 0.2) is 0 Å². The number of carbonyl (C=O) groups excluding carboxylic acids is 1. The van der Waals surface area contributed by atoms with Gasteiger partial charge in [0.25, 0.3) is 0 Å². The number of nitrogens with one attached hydrogen (secondary N) is 1. The van der Waals surface area contributed by atoms with Crippen molar-refractivity contribution < 1.29 is 13.2 Å². The summed E-state index contributed by atoms with van der Waals surface area (Å²) in [7, 11) is -3.76. The lowest BCUT2D eigenvalue weighted by Gasteiger charge is -2.38. The summed E-state index contributed by atoms with van der Waals surface area (Å²) >= 11 is 5.88. The zero-order valence-corrected chi connectivity index (χ0v) is 16.8. The van der Waals surface area contributed by atoms with E-state index >= 15 is 0 Å². The molecule has 0 radical (unpaired) electrons. The molecular weight excluding hydrogens is 374 g/mol. The van der Waals surface area contributed by atoms with Crippen molar-refractivity contribution >= 4 is 27.5 Å². The maximum absolute atomic E-state index is 12.8. The summed E-state index contributed by atoms with van der Waals surface area (Å²) in [6.45, 7) is 6.92. The van der Waals surface area contributed by atoms with Crippen molar-refractivity contribution in [2.24, 2.45) is 0 Å². The molecule has 2 aliphatic heterocycles. The third-order valence-electron chi connectivity index (χ3n) is 5.31. The molecule has 0 saturated carbocycles. The van der Waals surface area contributed by atoms with Crippen molar-refractivity contribution in [3.8, 4) is 0 Å². The Morgan fingerprint density at radius 2 is 1.85 bits per heavy atom. The Bertz CT molecular complexity index is 761. The molecule has 0 aliphatic carbocycles. The van der Waals surface area contributed by atoms with Gasteiger partial charge < -0.3 is 9.80 Å². The zero-order valence-electron chi connectivity index (χ0n) is 15.2. The molecule has 1 atom stereocenters. The molecule has 2 saturated heterocycles. The third-order valence-corrected chi connectivity index (χ3v) is 7.02. The molecule has 0 bridgehead atoms. The number of nitrogens with zero attached hydrogens (tertiary/aromatic N) is 2. The van der Waals surface area contributed by atoms with Crippen LogP contribution in [0.4, 0.5) is 0 Å². The van der Waals surface area contributed by atoms with Crippen LogP contribution in [0.3, 0.4) is 0 Å². The van der Waals surface area contributed by atoms with Crippen LogP contribution in [0.2, 0.25) is 5.02 Å². The van der Waals surface area contributed by atoms with Gasteiger partial charge in [-0.05, 0) is 51.3 Å². The Kier molecular flexibility index (Phi) is 5.91. The van der Waals surface area contributed by atoms with E-state index in [1.54, 1.807) is 12.1 Å².